The van der Waals surface area contributed by atoms with Gasteiger partial charge in [0.25, 0.3) is 5.91 Å². The molecular formula is C14H13NO3S. The van der Waals surface area contributed by atoms with Crippen LogP contribution in [0.1, 0.15) is 31.2 Å². The van der Waals surface area contributed by atoms with Crippen LogP contribution in [-0.2, 0) is 0 Å². The van der Waals surface area contributed by atoms with E-state index in [0.29, 0.717) is 10.6 Å². The average molecular weight is 275 g/mol. The highest BCUT2D eigenvalue weighted by Crippen LogP contribution is 2.21. The van der Waals surface area contributed by atoms with E-state index in [2.05, 4.69) is 5.32 Å². The van der Waals surface area contributed by atoms with Crippen molar-refractivity contribution in [2.24, 2.45) is 0 Å². The zero-order valence-electron chi connectivity index (χ0n) is 10.6. The van der Waals surface area contributed by atoms with Crippen LogP contribution in [0.2, 0.25) is 0 Å². The van der Waals surface area contributed by atoms with E-state index in [9.17, 15) is 9.59 Å². The Balaban J connectivity index is 2.32. The van der Waals surface area contributed by atoms with Crippen molar-refractivity contribution in [1.82, 2.24) is 0 Å². The minimum Gasteiger partial charge on any atom is -0.478 e. The largest absolute Gasteiger partial charge is 0.478 e. The molecular weight excluding hydrogens is 262 g/mol. The summed E-state index contributed by atoms with van der Waals surface area (Å²) in [6.07, 6.45) is 0. The lowest BCUT2D eigenvalue weighted by Crippen LogP contribution is -2.14. The maximum Gasteiger partial charge on any atom is 0.337 e. The normalized spacial score (nSPS) is 10.2. The van der Waals surface area contributed by atoms with Crippen molar-refractivity contribution in [2.75, 3.05) is 5.32 Å². The van der Waals surface area contributed by atoms with Crippen LogP contribution >= 0.6 is 11.3 Å². The summed E-state index contributed by atoms with van der Waals surface area (Å²) in [5.41, 5.74) is 2.13. The molecule has 0 bridgehead atoms. The molecule has 19 heavy (non-hydrogen) atoms. The van der Waals surface area contributed by atoms with Crippen molar-refractivity contribution >= 4 is 28.9 Å². The number of aryl methyl sites for hydroxylation is 2. The number of rotatable bonds is 3. The molecule has 0 spiro atoms. The lowest BCUT2D eigenvalue weighted by molar-refractivity contribution is 0.0698. The summed E-state index contributed by atoms with van der Waals surface area (Å²) in [7, 11) is 0. The third-order valence-electron chi connectivity index (χ3n) is 2.72. The van der Waals surface area contributed by atoms with E-state index in [1.807, 2.05) is 25.3 Å². The fourth-order valence-electron chi connectivity index (χ4n) is 1.73. The number of carboxylic acids is 1. The number of amides is 1. The molecule has 5 heteroatoms. The molecule has 0 aliphatic carbocycles. The molecule has 0 atom stereocenters. The second-order valence-corrected chi connectivity index (χ2v) is 5.16. The molecule has 1 heterocycles. The van der Waals surface area contributed by atoms with Gasteiger partial charge in [-0.15, -0.1) is 11.3 Å². The molecule has 0 aliphatic rings. The van der Waals surface area contributed by atoms with Gasteiger partial charge in [0, 0.05) is 0 Å². The highest BCUT2D eigenvalue weighted by atomic mass is 32.1. The van der Waals surface area contributed by atoms with Gasteiger partial charge in [0.05, 0.1) is 16.1 Å². The molecule has 2 N–H and O–H groups in total. The number of anilines is 1. The summed E-state index contributed by atoms with van der Waals surface area (Å²) < 4.78 is 0. The summed E-state index contributed by atoms with van der Waals surface area (Å²) in [5, 5.41) is 13.6. The van der Waals surface area contributed by atoms with Gasteiger partial charge in [-0.3, -0.25) is 4.79 Å². The van der Waals surface area contributed by atoms with Gasteiger partial charge in [-0.2, -0.15) is 0 Å². The van der Waals surface area contributed by atoms with Crippen LogP contribution in [0.25, 0.3) is 0 Å². The third-order valence-corrected chi connectivity index (χ3v) is 3.74. The molecule has 98 valence electrons. The lowest BCUT2D eigenvalue weighted by Gasteiger charge is -2.09. The first-order chi connectivity index (χ1) is 8.99. The summed E-state index contributed by atoms with van der Waals surface area (Å²) in [4.78, 5) is 23.8. The van der Waals surface area contributed by atoms with Gasteiger partial charge in [-0.05, 0) is 43.0 Å². The Bertz CT molecular complexity index is 646. The fraction of sp³-hybridized carbons (Fsp3) is 0.143. The summed E-state index contributed by atoms with van der Waals surface area (Å²) in [5.74, 6) is -1.33. The quantitative estimate of drug-likeness (QED) is 0.903. The summed E-state index contributed by atoms with van der Waals surface area (Å²) in [6, 6.07) is 6.77. The predicted octanol–water partition coefficient (Wildman–Crippen LogP) is 3.32. The molecule has 0 fully saturated rings. The SMILES string of the molecule is Cc1ccc(NC(=O)c2sccc2C)c(C(=O)O)c1. The zero-order valence-corrected chi connectivity index (χ0v) is 11.4. The Morgan fingerprint density at radius 2 is 1.95 bits per heavy atom. The molecule has 0 aliphatic heterocycles. The van der Waals surface area contributed by atoms with E-state index < -0.39 is 5.97 Å². The van der Waals surface area contributed by atoms with Crippen molar-refractivity contribution in [3.05, 3.63) is 51.2 Å². The zero-order chi connectivity index (χ0) is 14.0. The summed E-state index contributed by atoms with van der Waals surface area (Å²) in [6.45, 7) is 3.65. The van der Waals surface area contributed by atoms with Crippen LogP contribution in [-0.4, -0.2) is 17.0 Å². The Labute approximate surface area is 114 Å². The van der Waals surface area contributed by atoms with Gasteiger partial charge in [0.1, 0.15) is 0 Å². The molecule has 0 saturated carbocycles. The van der Waals surface area contributed by atoms with Crippen LogP contribution < -0.4 is 5.32 Å². The molecule has 1 aromatic heterocycles. The van der Waals surface area contributed by atoms with Crippen molar-refractivity contribution < 1.29 is 14.7 Å². The van der Waals surface area contributed by atoms with Crippen molar-refractivity contribution in [1.29, 1.82) is 0 Å². The Kier molecular flexibility index (Phi) is 3.66. The van der Waals surface area contributed by atoms with Gasteiger partial charge in [-0.25, -0.2) is 4.79 Å². The Morgan fingerprint density at radius 3 is 2.53 bits per heavy atom. The van der Waals surface area contributed by atoms with E-state index >= 15 is 0 Å². The monoisotopic (exact) mass is 275 g/mol. The number of aromatic carboxylic acids is 1. The Hall–Kier alpha value is -2.14. The predicted molar refractivity (Wildman–Crippen MR) is 75.1 cm³/mol. The Morgan fingerprint density at radius 1 is 1.21 bits per heavy atom. The number of hydrogen-bond acceptors (Lipinski definition) is 3. The number of carboxylic acid groups (broad SMARTS) is 1. The average Bonchev–Trinajstić information content (AvgIpc) is 2.77. The fourth-order valence-corrected chi connectivity index (χ4v) is 2.55. The highest BCUT2D eigenvalue weighted by molar-refractivity contribution is 7.12. The highest BCUT2D eigenvalue weighted by Gasteiger charge is 2.15. The first-order valence-corrected chi connectivity index (χ1v) is 6.56. The van der Waals surface area contributed by atoms with Crippen molar-refractivity contribution in [3.63, 3.8) is 0 Å². The molecule has 1 amide bonds. The van der Waals surface area contributed by atoms with Crippen LogP contribution in [0.4, 0.5) is 5.69 Å². The molecule has 0 saturated heterocycles. The standard InChI is InChI=1S/C14H13NO3S/c1-8-3-4-11(10(7-8)14(17)18)15-13(16)12-9(2)5-6-19-12/h3-7H,1-2H3,(H,15,16)(H,17,18). The van der Waals surface area contributed by atoms with Crippen LogP contribution in [0.15, 0.2) is 29.6 Å². The molecule has 2 rings (SSSR count). The van der Waals surface area contributed by atoms with Crippen molar-refractivity contribution in [2.45, 2.75) is 13.8 Å². The lowest BCUT2D eigenvalue weighted by atomic mass is 10.1. The van der Waals surface area contributed by atoms with Crippen molar-refractivity contribution in [3.8, 4) is 0 Å². The number of carbonyl (C=O) groups excluding carboxylic acids is 1. The van der Waals surface area contributed by atoms with Crippen LogP contribution in [0.3, 0.4) is 0 Å². The molecule has 0 unspecified atom stereocenters. The number of carbonyl (C=O) groups is 2. The van der Waals surface area contributed by atoms with E-state index in [4.69, 9.17) is 5.11 Å². The van der Waals surface area contributed by atoms with E-state index in [0.717, 1.165) is 11.1 Å². The third kappa shape index (κ3) is 2.82. The number of hydrogen-bond donors (Lipinski definition) is 2. The van der Waals surface area contributed by atoms with E-state index in [1.165, 1.54) is 11.3 Å². The molecule has 1 aromatic carbocycles. The summed E-state index contributed by atoms with van der Waals surface area (Å²) >= 11 is 1.33. The molecule has 2 aromatic rings. The van der Waals surface area contributed by atoms with Gasteiger partial charge in [-0.1, -0.05) is 11.6 Å². The van der Waals surface area contributed by atoms with Gasteiger partial charge >= 0.3 is 5.97 Å². The van der Waals surface area contributed by atoms with Gasteiger partial charge < -0.3 is 10.4 Å². The number of thiophene rings is 1. The van der Waals surface area contributed by atoms with Crippen LogP contribution in [0.5, 0.6) is 0 Å². The number of nitrogens with one attached hydrogen (secondary N) is 1. The minimum atomic E-state index is -1.05. The second kappa shape index (κ2) is 5.24. The first kappa shape index (κ1) is 13.3. The smallest absolute Gasteiger partial charge is 0.337 e. The van der Waals surface area contributed by atoms with E-state index in [1.54, 1.807) is 18.2 Å². The first-order valence-electron chi connectivity index (χ1n) is 5.68. The minimum absolute atomic E-state index is 0.0996. The van der Waals surface area contributed by atoms with Gasteiger partial charge in [0.15, 0.2) is 0 Å². The topological polar surface area (TPSA) is 66.4 Å². The number of benzene rings is 1. The maximum atomic E-state index is 12.1. The maximum absolute atomic E-state index is 12.1. The molecule has 4 nitrogen and oxygen atoms in total. The molecule has 0 radical (unpaired) electrons. The van der Waals surface area contributed by atoms with Crippen LogP contribution in [0, 0.1) is 13.8 Å². The second-order valence-electron chi connectivity index (χ2n) is 4.24. The van der Waals surface area contributed by atoms with E-state index in [-0.39, 0.29) is 11.5 Å². The van der Waals surface area contributed by atoms with Gasteiger partial charge in [0.2, 0.25) is 0 Å².